The SMILES string of the molecule is CC(C)(NS(=O)(=O)CC#N)C1CC1. The third-order valence-corrected chi connectivity index (χ3v) is 3.62. The maximum absolute atomic E-state index is 11.2. The molecule has 1 aliphatic carbocycles. The van der Waals surface area contributed by atoms with Crippen molar-refractivity contribution in [3.63, 3.8) is 0 Å². The van der Waals surface area contributed by atoms with Gasteiger partial charge in [-0.25, -0.2) is 13.1 Å². The van der Waals surface area contributed by atoms with Crippen molar-refractivity contribution >= 4 is 10.0 Å². The van der Waals surface area contributed by atoms with E-state index in [0.717, 1.165) is 12.8 Å². The zero-order chi connectivity index (χ0) is 10.1. The maximum atomic E-state index is 11.2. The summed E-state index contributed by atoms with van der Waals surface area (Å²) in [6.07, 6.45) is 2.14. The van der Waals surface area contributed by atoms with Crippen LogP contribution >= 0.6 is 0 Å². The Hall–Kier alpha value is -0.600. The van der Waals surface area contributed by atoms with Gasteiger partial charge in [-0.3, -0.25) is 0 Å². The first-order chi connectivity index (χ1) is 5.87. The molecule has 0 radical (unpaired) electrons. The highest BCUT2D eigenvalue weighted by molar-refractivity contribution is 7.89. The largest absolute Gasteiger partial charge is 0.225 e. The monoisotopic (exact) mass is 202 g/mol. The minimum atomic E-state index is -3.41. The lowest BCUT2D eigenvalue weighted by Gasteiger charge is -2.24. The second kappa shape index (κ2) is 3.28. The van der Waals surface area contributed by atoms with E-state index in [1.165, 1.54) is 0 Å². The molecular weight excluding hydrogens is 188 g/mol. The summed E-state index contributed by atoms with van der Waals surface area (Å²) in [5.41, 5.74) is -0.393. The summed E-state index contributed by atoms with van der Waals surface area (Å²) in [4.78, 5) is 0. The van der Waals surface area contributed by atoms with Gasteiger partial charge in [0.25, 0.3) is 0 Å². The number of rotatable bonds is 4. The number of sulfonamides is 1. The zero-order valence-electron chi connectivity index (χ0n) is 7.87. The second-order valence-electron chi connectivity index (χ2n) is 4.02. The third kappa shape index (κ3) is 2.98. The molecule has 1 saturated carbocycles. The molecule has 0 aromatic rings. The first-order valence-corrected chi connectivity index (χ1v) is 5.91. The molecule has 0 aromatic heterocycles. The Balaban J connectivity index is 2.62. The molecule has 1 aliphatic rings. The highest BCUT2D eigenvalue weighted by Crippen LogP contribution is 2.39. The van der Waals surface area contributed by atoms with E-state index in [1.54, 1.807) is 6.07 Å². The van der Waals surface area contributed by atoms with E-state index in [1.807, 2.05) is 13.8 Å². The fourth-order valence-corrected chi connectivity index (χ4v) is 2.62. The van der Waals surface area contributed by atoms with Crippen molar-refractivity contribution in [3.05, 3.63) is 0 Å². The van der Waals surface area contributed by atoms with Gasteiger partial charge in [0.2, 0.25) is 10.0 Å². The van der Waals surface area contributed by atoms with Crippen molar-refractivity contribution in [1.29, 1.82) is 5.26 Å². The first kappa shape index (κ1) is 10.5. The molecule has 4 nitrogen and oxygen atoms in total. The highest BCUT2D eigenvalue weighted by Gasteiger charge is 2.40. The Labute approximate surface area is 79.0 Å². The molecule has 0 atom stereocenters. The lowest BCUT2D eigenvalue weighted by molar-refractivity contribution is 0.401. The number of hydrogen-bond donors (Lipinski definition) is 1. The summed E-state index contributed by atoms with van der Waals surface area (Å²) < 4.78 is 25.0. The lowest BCUT2D eigenvalue weighted by atomic mass is 10.0. The van der Waals surface area contributed by atoms with Crippen molar-refractivity contribution < 1.29 is 8.42 Å². The molecular formula is C8H14N2O2S. The van der Waals surface area contributed by atoms with Crippen LogP contribution in [0.2, 0.25) is 0 Å². The fourth-order valence-electron chi connectivity index (χ4n) is 1.41. The predicted octanol–water partition coefficient (Wildman–Crippen LogP) is 0.618. The molecule has 1 fully saturated rings. The van der Waals surface area contributed by atoms with E-state index in [2.05, 4.69) is 4.72 Å². The molecule has 0 saturated heterocycles. The predicted molar refractivity (Wildman–Crippen MR) is 49.3 cm³/mol. The van der Waals surface area contributed by atoms with Gasteiger partial charge in [-0.05, 0) is 32.6 Å². The summed E-state index contributed by atoms with van der Waals surface area (Å²) in [5, 5.41) is 8.28. The van der Waals surface area contributed by atoms with Gasteiger partial charge in [-0.1, -0.05) is 0 Å². The van der Waals surface area contributed by atoms with Gasteiger partial charge < -0.3 is 0 Å². The van der Waals surface area contributed by atoms with Gasteiger partial charge in [-0.2, -0.15) is 5.26 Å². The summed E-state index contributed by atoms with van der Waals surface area (Å²) in [6, 6.07) is 1.64. The summed E-state index contributed by atoms with van der Waals surface area (Å²) >= 11 is 0. The Morgan fingerprint density at radius 1 is 1.54 bits per heavy atom. The molecule has 0 unspecified atom stereocenters. The molecule has 13 heavy (non-hydrogen) atoms. The number of nitrogens with zero attached hydrogens (tertiary/aromatic N) is 1. The maximum Gasteiger partial charge on any atom is 0.225 e. The lowest BCUT2D eigenvalue weighted by Crippen LogP contribution is -2.45. The first-order valence-electron chi connectivity index (χ1n) is 4.26. The van der Waals surface area contributed by atoms with E-state index >= 15 is 0 Å². The van der Waals surface area contributed by atoms with Gasteiger partial charge >= 0.3 is 0 Å². The third-order valence-electron chi connectivity index (χ3n) is 2.27. The van der Waals surface area contributed by atoms with Crippen LogP contribution < -0.4 is 4.72 Å². The van der Waals surface area contributed by atoms with Crippen LogP contribution in [0.15, 0.2) is 0 Å². The summed E-state index contributed by atoms with van der Waals surface area (Å²) in [5.74, 6) is -0.0238. The average molecular weight is 202 g/mol. The van der Waals surface area contributed by atoms with E-state index in [4.69, 9.17) is 5.26 Å². The van der Waals surface area contributed by atoms with Crippen LogP contribution in [0.5, 0.6) is 0 Å². The van der Waals surface area contributed by atoms with E-state index in [0.29, 0.717) is 5.92 Å². The quantitative estimate of drug-likeness (QED) is 0.726. The van der Waals surface area contributed by atoms with Gasteiger partial charge in [0.15, 0.2) is 5.75 Å². The molecule has 5 heteroatoms. The Bertz CT molecular complexity index is 323. The molecule has 1 rings (SSSR count). The Morgan fingerprint density at radius 3 is 2.46 bits per heavy atom. The molecule has 74 valence electrons. The van der Waals surface area contributed by atoms with Crippen molar-refractivity contribution in [3.8, 4) is 6.07 Å². The number of nitrogens with one attached hydrogen (secondary N) is 1. The van der Waals surface area contributed by atoms with Crippen molar-refractivity contribution in [2.75, 3.05) is 5.75 Å². The topological polar surface area (TPSA) is 70.0 Å². The van der Waals surface area contributed by atoms with Crippen molar-refractivity contribution in [2.45, 2.75) is 32.2 Å². The van der Waals surface area contributed by atoms with Crippen LogP contribution in [0, 0.1) is 17.2 Å². The molecule has 0 spiro atoms. The van der Waals surface area contributed by atoms with Crippen LogP contribution in [-0.4, -0.2) is 19.7 Å². The van der Waals surface area contributed by atoms with Gasteiger partial charge in [0, 0.05) is 5.54 Å². The van der Waals surface area contributed by atoms with Crippen LogP contribution in [0.25, 0.3) is 0 Å². The van der Waals surface area contributed by atoms with Crippen molar-refractivity contribution in [1.82, 2.24) is 4.72 Å². The van der Waals surface area contributed by atoms with E-state index in [9.17, 15) is 8.42 Å². The molecule has 0 heterocycles. The minimum absolute atomic E-state index is 0.393. The van der Waals surface area contributed by atoms with Crippen LogP contribution in [0.1, 0.15) is 26.7 Å². The Kier molecular flexibility index (Phi) is 2.64. The van der Waals surface area contributed by atoms with E-state index < -0.39 is 21.3 Å². The molecule has 0 aliphatic heterocycles. The summed E-state index contributed by atoms with van der Waals surface area (Å²) in [7, 11) is -3.41. The van der Waals surface area contributed by atoms with Crippen LogP contribution in [0.4, 0.5) is 0 Å². The summed E-state index contributed by atoms with van der Waals surface area (Å²) in [6.45, 7) is 3.72. The van der Waals surface area contributed by atoms with Crippen LogP contribution in [-0.2, 0) is 10.0 Å². The van der Waals surface area contributed by atoms with E-state index in [-0.39, 0.29) is 0 Å². The normalized spacial score (nSPS) is 18.2. The average Bonchev–Trinajstić information content (AvgIpc) is 2.62. The fraction of sp³-hybridized carbons (Fsp3) is 0.875. The van der Waals surface area contributed by atoms with Gasteiger partial charge in [-0.15, -0.1) is 0 Å². The molecule has 0 amide bonds. The second-order valence-corrected chi connectivity index (χ2v) is 5.74. The molecule has 1 N–H and O–H groups in total. The highest BCUT2D eigenvalue weighted by atomic mass is 32.2. The number of nitriles is 1. The van der Waals surface area contributed by atoms with Gasteiger partial charge in [0.1, 0.15) is 0 Å². The number of hydrogen-bond acceptors (Lipinski definition) is 3. The van der Waals surface area contributed by atoms with Crippen molar-refractivity contribution in [2.24, 2.45) is 5.92 Å². The van der Waals surface area contributed by atoms with Crippen LogP contribution in [0.3, 0.4) is 0 Å². The molecule has 0 bridgehead atoms. The Morgan fingerprint density at radius 2 is 2.08 bits per heavy atom. The smallest absolute Gasteiger partial charge is 0.211 e. The zero-order valence-corrected chi connectivity index (χ0v) is 8.69. The molecule has 0 aromatic carbocycles. The van der Waals surface area contributed by atoms with Gasteiger partial charge in [0.05, 0.1) is 6.07 Å². The minimum Gasteiger partial charge on any atom is -0.211 e. The standard InChI is InChI=1S/C8H14N2O2S/c1-8(2,7-3-4-7)10-13(11,12)6-5-9/h7,10H,3-4,6H2,1-2H3.